The maximum Gasteiger partial charge on any atom is 0.221 e. The zero-order chi connectivity index (χ0) is 11.8. The standard InChI is InChI=1S/C13H24N2O/c1-13(2,11-3-4-11)6-8-15-7-5-10(9-15)12(14)16/h10-11H,3-9H2,1-2H3,(H2,14,16). The normalized spacial score (nSPS) is 27.2. The van der Waals surface area contributed by atoms with Crippen LogP contribution >= 0.6 is 0 Å². The van der Waals surface area contributed by atoms with E-state index in [0.29, 0.717) is 5.41 Å². The lowest BCUT2D eigenvalue weighted by molar-refractivity contribution is -0.121. The lowest BCUT2D eigenvalue weighted by Gasteiger charge is -2.27. The fraction of sp³-hybridized carbons (Fsp3) is 0.923. The zero-order valence-corrected chi connectivity index (χ0v) is 10.5. The molecular formula is C13H24N2O. The van der Waals surface area contributed by atoms with Crippen LogP contribution < -0.4 is 5.73 Å². The van der Waals surface area contributed by atoms with E-state index in [9.17, 15) is 4.79 Å². The van der Waals surface area contributed by atoms with Crippen LogP contribution in [0.25, 0.3) is 0 Å². The maximum atomic E-state index is 11.1. The van der Waals surface area contributed by atoms with Crippen LogP contribution in [0.1, 0.15) is 39.5 Å². The van der Waals surface area contributed by atoms with Crippen LogP contribution in [-0.2, 0) is 4.79 Å². The highest BCUT2D eigenvalue weighted by Crippen LogP contribution is 2.47. The molecule has 1 atom stereocenters. The molecule has 1 saturated heterocycles. The Bertz CT molecular complexity index is 271. The summed E-state index contributed by atoms with van der Waals surface area (Å²) in [6, 6.07) is 0. The van der Waals surface area contributed by atoms with Gasteiger partial charge in [0, 0.05) is 6.54 Å². The molecule has 3 heteroatoms. The van der Waals surface area contributed by atoms with Crippen molar-refractivity contribution in [3.8, 4) is 0 Å². The summed E-state index contributed by atoms with van der Waals surface area (Å²) in [7, 11) is 0. The smallest absolute Gasteiger partial charge is 0.221 e. The minimum absolute atomic E-state index is 0.101. The van der Waals surface area contributed by atoms with Crippen LogP contribution in [0.4, 0.5) is 0 Å². The number of hydrogen-bond donors (Lipinski definition) is 1. The van der Waals surface area contributed by atoms with Crippen LogP contribution in [-0.4, -0.2) is 30.4 Å². The van der Waals surface area contributed by atoms with Gasteiger partial charge in [0.25, 0.3) is 0 Å². The molecule has 1 amide bonds. The van der Waals surface area contributed by atoms with Gasteiger partial charge in [0.1, 0.15) is 0 Å². The molecule has 1 heterocycles. The molecular weight excluding hydrogens is 200 g/mol. The lowest BCUT2D eigenvalue weighted by Crippen LogP contribution is -2.30. The number of nitrogens with zero attached hydrogens (tertiary/aromatic N) is 1. The number of carbonyl (C=O) groups is 1. The fourth-order valence-electron chi connectivity index (χ4n) is 2.78. The molecule has 0 spiro atoms. The van der Waals surface area contributed by atoms with Gasteiger partial charge in [-0.3, -0.25) is 4.79 Å². The number of carbonyl (C=O) groups excluding carboxylic acids is 1. The second-order valence-corrected chi connectivity index (χ2v) is 6.20. The number of rotatable bonds is 5. The van der Waals surface area contributed by atoms with E-state index in [1.54, 1.807) is 0 Å². The van der Waals surface area contributed by atoms with Gasteiger partial charge in [-0.05, 0) is 50.1 Å². The van der Waals surface area contributed by atoms with Crippen molar-refractivity contribution in [1.82, 2.24) is 4.90 Å². The Morgan fingerprint density at radius 3 is 2.56 bits per heavy atom. The van der Waals surface area contributed by atoms with Crippen LogP contribution in [0.3, 0.4) is 0 Å². The summed E-state index contributed by atoms with van der Waals surface area (Å²) in [5, 5.41) is 0. The molecule has 0 aromatic rings. The highest BCUT2D eigenvalue weighted by atomic mass is 16.1. The number of amides is 1. The molecule has 1 saturated carbocycles. The summed E-state index contributed by atoms with van der Waals surface area (Å²) in [4.78, 5) is 13.5. The molecule has 0 radical (unpaired) electrons. The zero-order valence-electron chi connectivity index (χ0n) is 10.5. The van der Waals surface area contributed by atoms with Gasteiger partial charge in [-0.25, -0.2) is 0 Å². The Morgan fingerprint density at radius 2 is 2.06 bits per heavy atom. The summed E-state index contributed by atoms with van der Waals surface area (Å²) in [6.07, 6.45) is 5.04. The van der Waals surface area contributed by atoms with E-state index >= 15 is 0 Å². The second kappa shape index (κ2) is 4.36. The van der Waals surface area contributed by atoms with E-state index in [2.05, 4.69) is 18.7 Å². The summed E-state index contributed by atoms with van der Waals surface area (Å²) < 4.78 is 0. The Kier molecular flexibility index (Phi) is 3.24. The van der Waals surface area contributed by atoms with Crippen molar-refractivity contribution >= 4 is 5.91 Å². The molecule has 2 fully saturated rings. The third-order valence-electron chi connectivity index (χ3n) is 4.43. The number of nitrogens with two attached hydrogens (primary N) is 1. The highest BCUT2D eigenvalue weighted by Gasteiger charge is 2.38. The molecule has 16 heavy (non-hydrogen) atoms. The lowest BCUT2D eigenvalue weighted by atomic mass is 9.84. The summed E-state index contributed by atoms with van der Waals surface area (Å²) in [6.45, 7) is 7.83. The van der Waals surface area contributed by atoms with Crippen LogP contribution in [0, 0.1) is 17.3 Å². The van der Waals surface area contributed by atoms with E-state index in [4.69, 9.17) is 5.73 Å². The third kappa shape index (κ3) is 2.76. The Hall–Kier alpha value is -0.570. The van der Waals surface area contributed by atoms with Gasteiger partial charge >= 0.3 is 0 Å². The monoisotopic (exact) mass is 224 g/mol. The molecule has 0 aromatic carbocycles. The quantitative estimate of drug-likeness (QED) is 0.771. The Balaban J connectivity index is 1.73. The van der Waals surface area contributed by atoms with Crippen LogP contribution in [0.5, 0.6) is 0 Å². The first-order valence-electron chi connectivity index (χ1n) is 6.51. The van der Waals surface area contributed by atoms with E-state index in [0.717, 1.165) is 32.0 Å². The topological polar surface area (TPSA) is 46.3 Å². The molecule has 0 bridgehead atoms. The molecule has 0 aromatic heterocycles. The maximum absolute atomic E-state index is 11.1. The van der Waals surface area contributed by atoms with E-state index in [-0.39, 0.29) is 11.8 Å². The van der Waals surface area contributed by atoms with Crippen molar-refractivity contribution < 1.29 is 4.79 Å². The van der Waals surface area contributed by atoms with Gasteiger partial charge in [-0.1, -0.05) is 13.8 Å². The van der Waals surface area contributed by atoms with Gasteiger partial charge in [0.2, 0.25) is 5.91 Å². The van der Waals surface area contributed by atoms with Crippen molar-refractivity contribution in [3.63, 3.8) is 0 Å². The van der Waals surface area contributed by atoms with Crippen molar-refractivity contribution in [2.75, 3.05) is 19.6 Å². The number of likely N-dealkylation sites (tertiary alicyclic amines) is 1. The first kappa shape index (κ1) is 11.9. The first-order valence-corrected chi connectivity index (χ1v) is 6.51. The minimum Gasteiger partial charge on any atom is -0.369 e. The van der Waals surface area contributed by atoms with E-state index in [1.807, 2.05) is 0 Å². The van der Waals surface area contributed by atoms with Gasteiger partial charge in [0.05, 0.1) is 5.92 Å². The Labute approximate surface area is 98.4 Å². The SMILES string of the molecule is CC(C)(CCN1CCC(C(N)=O)C1)C1CC1. The average molecular weight is 224 g/mol. The molecule has 3 nitrogen and oxygen atoms in total. The fourth-order valence-corrected chi connectivity index (χ4v) is 2.78. The summed E-state index contributed by atoms with van der Waals surface area (Å²) >= 11 is 0. The second-order valence-electron chi connectivity index (χ2n) is 6.20. The predicted molar refractivity (Wildman–Crippen MR) is 64.9 cm³/mol. The van der Waals surface area contributed by atoms with Gasteiger partial charge in [-0.2, -0.15) is 0 Å². The molecule has 2 rings (SSSR count). The van der Waals surface area contributed by atoms with Crippen molar-refractivity contribution in [2.24, 2.45) is 23.0 Å². The molecule has 1 aliphatic heterocycles. The van der Waals surface area contributed by atoms with Crippen molar-refractivity contribution in [1.29, 1.82) is 0 Å². The van der Waals surface area contributed by atoms with Crippen molar-refractivity contribution in [3.05, 3.63) is 0 Å². The Morgan fingerprint density at radius 1 is 1.38 bits per heavy atom. The number of hydrogen-bond acceptors (Lipinski definition) is 2. The molecule has 2 N–H and O–H groups in total. The average Bonchev–Trinajstić information content (AvgIpc) is 2.95. The molecule has 1 aliphatic carbocycles. The molecule has 1 unspecified atom stereocenters. The highest BCUT2D eigenvalue weighted by molar-refractivity contribution is 5.77. The number of primary amides is 1. The van der Waals surface area contributed by atoms with Gasteiger partial charge < -0.3 is 10.6 Å². The largest absolute Gasteiger partial charge is 0.369 e. The van der Waals surface area contributed by atoms with Crippen molar-refractivity contribution in [2.45, 2.75) is 39.5 Å². The van der Waals surface area contributed by atoms with E-state index < -0.39 is 0 Å². The summed E-state index contributed by atoms with van der Waals surface area (Å²) in [5.74, 6) is 0.926. The molecule has 2 aliphatic rings. The predicted octanol–water partition coefficient (Wildman–Crippen LogP) is 1.62. The first-order chi connectivity index (χ1) is 7.49. The van der Waals surface area contributed by atoms with E-state index in [1.165, 1.54) is 19.3 Å². The van der Waals surface area contributed by atoms with Crippen LogP contribution in [0.2, 0.25) is 0 Å². The minimum atomic E-state index is -0.121. The summed E-state index contributed by atoms with van der Waals surface area (Å²) in [5.41, 5.74) is 5.83. The van der Waals surface area contributed by atoms with Crippen LogP contribution in [0.15, 0.2) is 0 Å². The van der Waals surface area contributed by atoms with Gasteiger partial charge in [0.15, 0.2) is 0 Å². The third-order valence-corrected chi connectivity index (χ3v) is 4.43. The van der Waals surface area contributed by atoms with Gasteiger partial charge in [-0.15, -0.1) is 0 Å². The molecule has 92 valence electrons.